The number of nitrogens with two attached hydrogens (primary N) is 1. The van der Waals surface area contributed by atoms with E-state index < -0.39 is 5.97 Å². The molecule has 0 saturated heterocycles. The summed E-state index contributed by atoms with van der Waals surface area (Å²) >= 11 is 0. The Balaban J connectivity index is 2.41. The van der Waals surface area contributed by atoms with E-state index in [0.717, 1.165) is 0 Å². The number of aromatic nitrogens is 3. The minimum absolute atomic E-state index is 0.323. The smallest absolute Gasteiger partial charge is 0.339 e. The van der Waals surface area contributed by atoms with Crippen LogP contribution in [0, 0.1) is 0 Å². The van der Waals surface area contributed by atoms with E-state index in [4.69, 9.17) is 5.73 Å². The lowest BCUT2D eigenvalue weighted by molar-refractivity contribution is 0.0600. The normalized spacial score (nSPS) is 10.1. The average Bonchev–Trinajstić information content (AvgIpc) is 2.81. The molecule has 2 aromatic rings. The lowest BCUT2D eigenvalue weighted by Gasteiger charge is -2.06. The first kappa shape index (κ1) is 10.2. The monoisotopic (exact) mass is 218 g/mol. The molecule has 0 atom stereocenters. The van der Waals surface area contributed by atoms with Gasteiger partial charge in [-0.3, -0.25) is 4.57 Å². The van der Waals surface area contributed by atoms with Gasteiger partial charge in [-0.1, -0.05) is 0 Å². The van der Waals surface area contributed by atoms with Crippen LogP contribution >= 0.6 is 0 Å². The summed E-state index contributed by atoms with van der Waals surface area (Å²) in [5.41, 5.74) is 6.50. The van der Waals surface area contributed by atoms with Crippen LogP contribution in [0.2, 0.25) is 0 Å². The summed E-state index contributed by atoms with van der Waals surface area (Å²) in [6.07, 6.45) is 6.33. The van der Waals surface area contributed by atoms with E-state index in [-0.39, 0.29) is 0 Å². The quantitative estimate of drug-likeness (QED) is 0.748. The van der Waals surface area contributed by atoms with Gasteiger partial charge in [0.1, 0.15) is 6.33 Å². The van der Waals surface area contributed by atoms with Crippen LogP contribution in [0.15, 0.2) is 31.0 Å². The number of pyridine rings is 1. The van der Waals surface area contributed by atoms with E-state index in [0.29, 0.717) is 17.1 Å². The molecule has 0 bridgehead atoms. The third-order valence-corrected chi connectivity index (χ3v) is 2.07. The molecule has 0 amide bonds. The van der Waals surface area contributed by atoms with Crippen LogP contribution in [0.1, 0.15) is 10.4 Å². The predicted molar refractivity (Wildman–Crippen MR) is 57.1 cm³/mol. The molecule has 0 radical (unpaired) electrons. The van der Waals surface area contributed by atoms with Crippen LogP contribution < -0.4 is 5.73 Å². The molecule has 82 valence electrons. The van der Waals surface area contributed by atoms with Gasteiger partial charge in [0.2, 0.25) is 0 Å². The van der Waals surface area contributed by atoms with E-state index in [1.807, 2.05) is 0 Å². The molecule has 0 aliphatic heterocycles. The zero-order valence-corrected chi connectivity index (χ0v) is 8.62. The van der Waals surface area contributed by atoms with E-state index in [1.54, 1.807) is 23.3 Å². The highest BCUT2D eigenvalue weighted by molar-refractivity contribution is 5.90. The lowest BCUT2D eigenvalue weighted by Crippen LogP contribution is -2.06. The Bertz CT molecular complexity index is 508. The van der Waals surface area contributed by atoms with Crippen molar-refractivity contribution in [3.8, 4) is 5.82 Å². The summed E-state index contributed by atoms with van der Waals surface area (Å²) in [7, 11) is 1.31. The second-order valence-electron chi connectivity index (χ2n) is 3.10. The standard InChI is InChI=1S/C10H10N4O2/c1-16-10(15)7-4-8(11)9(13-5-7)14-3-2-12-6-14/h2-6H,11H2,1H3. The van der Waals surface area contributed by atoms with Crippen molar-refractivity contribution >= 4 is 11.7 Å². The summed E-state index contributed by atoms with van der Waals surface area (Å²) in [4.78, 5) is 19.2. The maximum Gasteiger partial charge on any atom is 0.339 e. The number of esters is 1. The predicted octanol–water partition coefficient (Wildman–Crippen LogP) is 0.636. The zero-order valence-electron chi connectivity index (χ0n) is 8.62. The summed E-state index contributed by atoms with van der Waals surface area (Å²) in [6, 6.07) is 1.52. The van der Waals surface area contributed by atoms with Crippen LogP contribution in [-0.4, -0.2) is 27.6 Å². The second-order valence-corrected chi connectivity index (χ2v) is 3.10. The molecule has 0 unspecified atom stereocenters. The van der Waals surface area contributed by atoms with Gasteiger partial charge in [-0.15, -0.1) is 0 Å². The number of methoxy groups -OCH3 is 1. The Labute approximate surface area is 91.7 Å². The van der Waals surface area contributed by atoms with Crippen molar-refractivity contribution in [2.45, 2.75) is 0 Å². The fraction of sp³-hybridized carbons (Fsp3) is 0.100. The molecule has 2 N–H and O–H groups in total. The molecular formula is C10H10N4O2. The number of imidazole rings is 1. The van der Waals surface area contributed by atoms with Crippen molar-refractivity contribution < 1.29 is 9.53 Å². The van der Waals surface area contributed by atoms with Crippen LogP contribution in [0.5, 0.6) is 0 Å². The first-order valence-corrected chi connectivity index (χ1v) is 4.54. The Hall–Kier alpha value is -2.37. The molecule has 0 fully saturated rings. The van der Waals surface area contributed by atoms with Crippen molar-refractivity contribution in [1.82, 2.24) is 14.5 Å². The van der Waals surface area contributed by atoms with Gasteiger partial charge in [0, 0.05) is 18.6 Å². The number of ether oxygens (including phenoxy) is 1. The van der Waals surface area contributed by atoms with Crippen molar-refractivity contribution in [3.63, 3.8) is 0 Å². The van der Waals surface area contributed by atoms with Gasteiger partial charge in [-0.25, -0.2) is 14.8 Å². The minimum atomic E-state index is -0.462. The number of hydrogen-bond donors (Lipinski definition) is 1. The lowest BCUT2D eigenvalue weighted by atomic mass is 10.2. The topological polar surface area (TPSA) is 83.0 Å². The molecule has 2 aromatic heterocycles. The van der Waals surface area contributed by atoms with Gasteiger partial charge in [0.15, 0.2) is 5.82 Å². The highest BCUT2D eigenvalue weighted by Crippen LogP contribution is 2.15. The van der Waals surface area contributed by atoms with Crippen molar-refractivity contribution in [3.05, 3.63) is 36.5 Å². The number of nitrogen functional groups attached to an aromatic ring is 1. The van der Waals surface area contributed by atoms with Crippen molar-refractivity contribution in [2.24, 2.45) is 0 Å². The van der Waals surface area contributed by atoms with Gasteiger partial charge in [-0.05, 0) is 6.07 Å². The van der Waals surface area contributed by atoms with Crippen LogP contribution in [0.3, 0.4) is 0 Å². The van der Waals surface area contributed by atoms with E-state index in [2.05, 4.69) is 14.7 Å². The molecule has 0 aromatic carbocycles. The van der Waals surface area contributed by atoms with Gasteiger partial charge in [0.25, 0.3) is 0 Å². The molecule has 0 aliphatic carbocycles. The fourth-order valence-corrected chi connectivity index (χ4v) is 1.30. The number of anilines is 1. The molecular weight excluding hydrogens is 208 g/mol. The highest BCUT2D eigenvalue weighted by atomic mass is 16.5. The largest absolute Gasteiger partial charge is 0.465 e. The molecule has 2 heterocycles. The Morgan fingerprint density at radius 3 is 2.94 bits per heavy atom. The Morgan fingerprint density at radius 1 is 1.56 bits per heavy atom. The van der Waals surface area contributed by atoms with Crippen LogP contribution in [0.4, 0.5) is 5.69 Å². The van der Waals surface area contributed by atoms with E-state index in [1.165, 1.54) is 19.4 Å². The number of carbonyl (C=O) groups is 1. The third-order valence-electron chi connectivity index (χ3n) is 2.07. The number of hydrogen-bond acceptors (Lipinski definition) is 5. The molecule has 0 saturated carbocycles. The van der Waals surface area contributed by atoms with Gasteiger partial charge in [0.05, 0.1) is 18.4 Å². The first-order chi connectivity index (χ1) is 7.72. The Morgan fingerprint density at radius 2 is 2.38 bits per heavy atom. The second kappa shape index (κ2) is 4.01. The molecule has 0 spiro atoms. The van der Waals surface area contributed by atoms with Gasteiger partial charge < -0.3 is 10.5 Å². The number of rotatable bonds is 2. The van der Waals surface area contributed by atoms with E-state index in [9.17, 15) is 4.79 Å². The highest BCUT2D eigenvalue weighted by Gasteiger charge is 2.09. The fourth-order valence-electron chi connectivity index (χ4n) is 1.30. The van der Waals surface area contributed by atoms with Crippen LogP contribution in [0.25, 0.3) is 5.82 Å². The molecule has 0 aliphatic rings. The maximum absolute atomic E-state index is 11.2. The SMILES string of the molecule is COC(=O)c1cnc(-n2ccnc2)c(N)c1. The summed E-state index contributed by atoms with van der Waals surface area (Å²) < 4.78 is 6.23. The van der Waals surface area contributed by atoms with E-state index >= 15 is 0 Å². The van der Waals surface area contributed by atoms with Gasteiger partial charge >= 0.3 is 5.97 Å². The van der Waals surface area contributed by atoms with Gasteiger partial charge in [-0.2, -0.15) is 0 Å². The van der Waals surface area contributed by atoms with Crippen molar-refractivity contribution in [1.29, 1.82) is 0 Å². The number of nitrogens with zero attached hydrogens (tertiary/aromatic N) is 3. The first-order valence-electron chi connectivity index (χ1n) is 4.54. The number of carbonyl (C=O) groups excluding carboxylic acids is 1. The molecule has 16 heavy (non-hydrogen) atoms. The molecule has 2 rings (SSSR count). The molecule has 6 nitrogen and oxygen atoms in total. The minimum Gasteiger partial charge on any atom is -0.465 e. The van der Waals surface area contributed by atoms with Crippen LogP contribution in [-0.2, 0) is 4.74 Å². The summed E-state index contributed by atoms with van der Waals surface area (Å²) in [5.74, 6) is 0.0709. The third kappa shape index (κ3) is 1.72. The summed E-state index contributed by atoms with van der Waals surface area (Å²) in [6.45, 7) is 0. The molecule has 6 heteroatoms. The average molecular weight is 218 g/mol. The van der Waals surface area contributed by atoms with Crippen molar-refractivity contribution in [2.75, 3.05) is 12.8 Å². The Kier molecular flexibility index (Phi) is 2.55. The maximum atomic E-state index is 11.2. The summed E-state index contributed by atoms with van der Waals surface area (Å²) in [5, 5.41) is 0. The zero-order chi connectivity index (χ0) is 11.5.